The summed E-state index contributed by atoms with van der Waals surface area (Å²) in [5.74, 6) is -0.679. The maximum absolute atomic E-state index is 14.1. The third-order valence-corrected chi connectivity index (χ3v) is 9.93. The minimum Gasteiger partial charge on any atom is -0.352 e. The smallest absolute Gasteiger partial charge is 0.264 e. The third kappa shape index (κ3) is 7.92. The molecule has 9 heteroatoms. The Bertz CT molecular complexity index is 1470. The van der Waals surface area contributed by atoms with Gasteiger partial charge in [-0.15, -0.1) is 0 Å². The Kier molecular flexibility index (Phi) is 10.7. The van der Waals surface area contributed by atoms with Gasteiger partial charge in [-0.05, 0) is 81.5 Å². The van der Waals surface area contributed by atoms with Gasteiger partial charge in [-0.3, -0.25) is 13.9 Å². The lowest BCUT2D eigenvalue weighted by molar-refractivity contribution is -0.139. The van der Waals surface area contributed by atoms with E-state index in [1.807, 2.05) is 37.3 Å². The van der Waals surface area contributed by atoms with Crippen molar-refractivity contribution in [1.82, 2.24) is 10.2 Å². The van der Waals surface area contributed by atoms with Crippen molar-refractivity contribution in [2.45, 2.75) is 76.3 Å². The lowest BCUT2D eigenvalue weighted by Gasteiger charge is -2.33. The number of carbonyl (C=O) groups is 2. The van der Waals surface area contributed by atoms with Crippen LogP contribution < -0.4 is 9.62 Å². The molecule has 1 atom stereocenters. The zero-order chi connectivity index (χ0) is 30.3. The summed E-state index contributed by atoms with van der Waals surface area (Å²) in [7, 11) is -4.13. The van der Waals surface area contributed by atoms with Crippen molar-refractivity contribution in [3.63, 3.8) is 0 Å². The summed E-state index contributed by atoms with van der Waals surface area (Å²) in [5, 5.41) is 3.60. The summed E-state index contributed by atoms with van der Waals surface area (Å²) in [6.07, 6.45) is 5.69. The molecule has 1 fully saturated rings. The van der Waals surface area contributed by atoms with Gasteiger partial charge >= 0.3 is 0 Å². The molecule has 0 saturated heterocycles. The Hall–Kier alpha value is -3.36. The molecular weight excluding hydrogens is 570 g/mol. The van der Waals surface area contributed by atoms with E-state index >= 15 is 0 Å². The van der Waals surface area contributed by atoms with Crippen LogP contribution in [0.5, 0.6) is 0 Å². The van der Waals surface area contributed by atoms with Crippen molar-refractivity contribution in [3.05, 3.63) is 94.5 Å². The zero-order valence-electron chi connectivity index (χ0n) is 24.6. The van der Waals surface area contributed by atoms with E-state index in [1.165, 1.54) is 11.3 Å². The molecule has 1 aliphatic rings. The molecule has 0 heterocycles. The van der Waals surface area contributed by atoms with Gasteiger partial charge in [0.2, 0.25) is 11.8 Å². The number of rotatable bonds is 11. The SMILES string of the molecule is Cc1ccc(S(=O)(=O)N(CC(=O)N(CCc2ccccc2)[C@H](C)C(=O)NC2CCCCC2)c2ccc(Cl)cc2C)cc1. The first kappa shape index (κ1) is 31.6. The Labute approximate surface area is 254 Å². The standard InChI is InChI=1S/C33H40ClN3O4S/c1-24-14-17-30(18-15-24)42(40,41)37(31-19-16-28(34)22-25(31)2)23-32(38)36(21-20-27-10-6-4-7-11-27)26(3)33(39)35-29-12-8-5-9-13-29/h4,6-7,10-11,14-19,22,26,29H,5,8-9,12-13,20-21,23H2,1-3H3,(H,35,39)/t26-/m1/s1. The maximum atomic E-state index is 14.1. The number of amides is 2. The van der Waals surface area contributed by atoms with E-state index in [4.69, 9.17) is 11.6 Å². The van der Waals surface area contributed by atoms with Crippen LogP contribution in [0.25, 0.3) is 0 Å². The number of nitrogens with zero attached hydrogens (tertiary/aromatic N) is 2. The fraction of sp³-hybridized carbons (Fsp3) is 0.394. The van der Waals surface area contributed by atoms with Gasteiger partial charge < -0.3 is 10.2 Å². The Morgan fingerprint density at radius 2 is 1.62 bits per heavy atom. The van der Waals surface area contributed by atoms with Gasteiger partial charge in [-0.1, -0.05) is 78.9 Å². The molecule has 3 aromatic rings. The minimum atomic E-state index is -4.13. The van der Waals surface area contributed by atoms with Gasteiger partial charge in [-0.25, -0.2) is 8.42 Å². The van der Waals surface area contributed by atoms with Crippen molar-refractivity contribution in [2.75, 3.05) is 17.4 Å². The highest BCUT2D eigenvalue weighted by Crippen LogP contribution is 2.29. The number of hydrogen-bond acceptors (Lipinski definition) is 4. The molecule has 42 heavy (non-hydrogen) atoms. The number of halogens is 1. The van der Waals surface area contributed by atoms with Crippen LogP contribution in [0.15, 0.2) is 77.7 Å². The fourth-order valence-corrected chi connectivity index (χ4v) is 7.09. The molecule has 7 nitrogen and oxygen atoms in total. The Balaban J connectivity index is 1.66. The van der Waals surface area contributed by atoms with Crippen molar-refractivity contribution in [3.8, 4) is 0 Å². The van der Waals surface area contributed by atoms with Crippen molar-refractivity contribution < 1.29 is 18.0 Å². The van der Waals surface area contributed by atoms with E-state index in [2.05, 4.69) is 5.32 Å². The first-order valence-corrected chi connectivity index (χ1v) is 16.4. The van der Waals surface area contributed by atoms with Crippen LogP contribution in [0.1, 0.15) is 55.7 Å². The fourth-order valence-electron chi connectivity index (χ4n) is 5.39. The maximum Gasteiger partial charge on any atom is 0.264 e. The van der Waals surface area contributed by atoms with E-state index in [0.29, 0.717) is 22.7 Å². The van der Waals surface area contributed by atoms with Crippen molar-refractivity contribution >= 4 is 39.1 Å². The number of aryl methyl sites for hydroxylation is 2. The molecule has 0 aliphatic heterocycles. The molecule has 0 spiro atoms. The number of anilines is 1. The molecule has 4 rings (SSSR count). The summed E-state index contributed by atoms with van der Waals surface area (Å²) in [5.41, 5.74) is 2.91. The lowest BCUT2D eigenvalue weighted by atomic mass is 9.95. The van der Waals surface area contributed by atoms with Crippen LogP contribution >= 0.6 is 11.6 Å². The first-order chi connectivity index (χ1) is 20.1. The molecule has 1 N–H and O–H groups in total. The number of hydrogen-bond donors (Lipinski definition) is 1. The number of sulfonamides is 1. The normalized spacial score (nSPS) is 14.7. The second kappa shape index (κ2) is 14.2. The highest BCUT2D eigenvalue weighted by Gasteiger charge is 2.33. The highest BCUT2D eigenvalue weighted by atomic mass is 35.5. The van der Waals surface area contributed by atoms with Crippen LogP contribution in [0.3, 0.4) is 0 Å². The third-order valence-electron chi connectivity index (χ3n) is 7.92. The average molecular weight is 610 g/mol. The van der Waals surface area contributed by atoms with E-state index in [9.17, 15) is 18.0 Å². The quantitative estimate of drug-likeness (QED) is 0.286. The van der Waals surface area contributed by atoms with E-state index < -0.39 is 28.5 Å². The molecule has 2 amide bonds. The van der Waals surface area contributed by atoms with Gasteiger partial charge in [0.15, 0.2) is 0 Å². The Morgan fingerprint density at radius 3 is 2.26 bits per heavy atom. The molecular formula is C33H40ClN3O4S. The monoisotopic (exact) mass is 609 g/mol. The topological polar surface area (TPSA) is 86.8 Å². The largest absolute Gasteiger partial charge is 0.352 e. The summed E-state index contributed by atoms with van der Waals surface area (Å²) < 4.78 is 29.2. The molecule has 1 aliphatic carbocycles. The van der Waals surface area contributed by atoms with Crippen LogP contribution in [-0.4, -0.2) is 50.3 Å². The molecule has 3 aromatic carbocycles. The van der Waals surface area contributed by atoms with Gasteiger partial charge in [0.05, 0.1) is 10.6 Å². The number of carbonyl (C=O) groups excluding carboxylic acids is 2. The minimum absolute atomic E-state index is 0.0779. The van der Waals surface area contributed by atoms with Gasteiger partial charge in [0, 0.05) is 17.6 Å². The average Bonchev–Trinajstić information content (AvgIpc) is 2.97. The van der Waals surface area contributed by atoms with Crippen LogP contribution in [0.2, 0.25) is 5.02 Å². The van der Waals surface area contributed by atoms with Gasteiger partial charge in [-0.2, -0.15) is 0 Å². The molecule has 0 radical (unpaired) electrons. The molecule has 0 bridgehead atoms. The molecule has 1 saturated carbocycles. The van der Waals surface area contributed by atoms with Crippen LogP contribution in [0.4, 0.5) is 5.69 Å². The second-order valence-corrected chi connectivity index (χ2v) is 13.4. The zero-order valence-corrected chi connectivity index (χ0v) is 26.1. The van der Waals surface area contributed by atoms with E-state index in [-0.39, 0.29) is 23.4 Å². The molecule has 0 unspecified atom stereocenters. The lowest BCUT2D eigenvalue weighted by Crippen LogP contribution is -2.53. The second-order valence-electron chi connectivity index (χ2n) is 11.1. The van der Waals surface area contributed by atoms with E-state index in [0.717, 1.165) is 41.1 Å². The van der Waals surface area contributed by atoms with Crippen LogP contribution in [0, 0.1) is 13.8 Å². The first-order valence-electron chi connectivity index (χ1n) is 14.6. The summed E-state index contributed by atoms with van der Waals surface area (Å²) in [6.45, 7) is 5.16. The Morgan fingerprint density at radius 1 is 0.952 bits per heavy atom. The van der Waals surface area contributed by atoms with Gasteiger partial charge in [0.25, 0.3) is 10.0 Å². The van der Waals surface area contributed by atoms with E-state index in [1.54, 1.807) is 56.3 Å². The van der Waals surface area contributed by atoms with Crippen molar-refractivity contribution in [1.29, 1.82) is 0 Å². The summed E-state index contributed by atoms with van der Waals surface area (Å²) >= 11 is 6.19. The number of benzene rings is 3. The molecule has 0 aromatic heterocycles. The molecule has 224 valence electrons. The van der Waals surface area contributed by atoms with Crippen LogP contribution in [-0.2, 0) is 26.0 Å². The predicted octanol–water partition coefficient (Wildman–Crippen LogP) is 6.06. The summed E-state index contributed by atoms with van der Waals surface area (Å²) in [6, 6.07) is 20.5. The number of nitrogens with one attached hydrogen (secondary N) is 1. The van der Waals surface area contributed by atoms with Gasteiger partial charge in [0.1, 0.15) is 12.6 Å². The summed E-state index contributed by atoms with van der Waals surface area (Å²) in [4.78, 5) is 29.1. The highest BCUT2D eigenvalue weighted by molar-refractivity contribution is 7.92. The van der Waals surface area contributed by atoms with Crippen molar-refractivity contribution in [2.24, 2.45) is 0 Å². The predicted molar refractivity (Wildman–Crippen MR) is 168 cm³/mol.